The smallest absolute Gasteiger partial charge is 0.269 e. The zero-order valence-electron chi connectivity index (χ0n) is 13.7. The summed E-state index contributed by atoms with van der Waals surface area (Å²) in [6, 6.07) is 6.20. The lowest BCUT2D eigenvalue weighted by molar-refractivity contribution is -0.384. The van der Waals surface area contributed by atoms with E-state index in [1.165, 1.54) is 34.4 Å². The fourth-order valence-corrected chi connectivity index (χ4v) is 4.05. The van der Waals surface area contributed by atoms with E-state index in [2.05, 4.69) is 4.98 Å². The topological polar surface area (TPSA) is 76.3 Å². The summed E-state index contributed by atoms with van der Waals surface area (Å²) in [5, 5.41) is 18.1. The second-order valence-electron chi connectivity index (χ2n) is 5.62. The molecule has 26 heavy (non-hydrogen) atoms. The van der Waals surface area contributed by atoms with Crippen molar-refractivity contribution >= 4 is 45.9 Å². The van der Waals surface area contributed by atoms with Crippen molar-refractivity contribution in [1.29, 1.82) is 0 Å². The normalized spacial score (nSPS) is 10.7. The van der Waals surface area contributed by atoms with Crippen molar-refractivity contribution in [1.82, 2.24) is 9.88 Å². The molecule has 134 valence electrons. The van der Waals surface area contributed by atoms with E-state index in [-0.39, 0.29) is 24.6 Å². The summed E-state index contributed by atoms with van der Waals surface area (Å²) < 4.78 is 0. The molecule has 0 fully saturated rings. The van der Waals surface area contributed by atoms with E-state index in [4.69, 9.17) is 11.6 Å². The monoisotopic (exact) mass is 407 g/mol. The molecule has 3 rings (SSSR count). The predicted molar refractivity (Wildman–Crippen MR) is 104 cm³/mol. The van der Waals surface area contributed by atoms with E-state index in [0.29, 0.717) is 16.3 Å². The number of nitro benzene ring substituents is 1. The maximum absolute atomic E-state index is 12.5. The van der Waals surface area contributed by atoms with Gasteiger partial charge in [0.15, 0.2) is 0 Å². The van der Waals surface area contributed by atoms with Crippen LogP contribution in [0.15, 0.2) is 40.4 Å². The highest BCUT2D eigenvalue weighted by Crippen LogP contribution is 2.26. The third-order valence-corrected chi connectivity index (χ3v) is 5.72. The maximum atomic E-state index is 12.5. The molecule has 0 saturated carbocycles. The number of nitro groups is 1. The van der Waals surface area contributed by atoms with Gasteiger partial charge in [0.05, 0.1) is 17.0 Å². The van der Waals surface area contributed by atoms with Gasteiger partial charge in [-0.2, -0.15) is 11.3 Å². The quantitative estimate of drug-likeness (QED) is 0.440. The van der Waals surface area contributed by atoms with Gasteiger partial charge < -0.3 is 4.90 Å². The Balaban J connectivity index is 1.67. The average Bonchev–Trinajstić information content (AvgIpc) is 3.27. The molecule has 0 atom stereocenters. The summed E-state index contributed by atoms with van der Waals surface area (Å²) in [5.41, 5.74) is 2.24. The van der Waals surface area contributed by atoms with Crippen LogP contribution in [0.4, 0.5) is 5.69 Å². The van der Waals surface area contributed by atoms with Crippen molar-refractivity contribution in [3.63, 3.8) is 0 Å². The number of likely N-dealkylation sites (N-methyl/N-ethyl adjacent to an activating group) is 1. The first-order chi connectivity index (χ1) is 12.4. The van der Waals surface area contributed by atoms with Crippen molar-refractivity contribution in [3.8, 4) is 10.6 Å². The minimum Gasteiger partial charge on any atom is -0.341 e. The zero-order valence-corrected chi connectivity index (χ0v) is 16.1. The molecule has 0 aliphatic heterocycles. The largest absolute Gasteiger partial charge is 0.341 e. The number of hydrogen-bond acceptors (Lipinski definition) is 6. The summed E-state index contributed by atoms with van der Waals surface area (Å²) in [6.07, 6.45) is 0.170. The van der Waals surface area contributed by atoms with Crippen molar-refractivity contribution in [2.45, 2.75) is 13.0 Å². The van der Waals surface area contributed by atoms with Gasteiger partial charge in [-0.15, -0.1) is 11.3 Å². The standard InChI is InChI=1S/C17H14ClN3O3S2/c1-20(8-12-6-14(21(23)24)2-3-15(12)18)16(22)7-13-10-26-17(19-13)11-4-5-25-9-11/h2-6,9-10H,7-8H2,1H3. The molecule has 6 nitrogen and oxygen atoms in total. The predicted octanol–water partition coefficient (Wildman–Crippen LogP) is 4.63. The lowest BCUT2D eigenvalue weighted by Gasteiger charge is -2.17. The van der Waals surface area contributed by atoms with Crippen LogP contribution >= 0.6 is 34.3 Å². The number of carbonyl (C=O) groups excluding carboxylic acids is 1. The van der Waals surface area contributed by atoms with Gasteiger partial charge in [-0.1, -0.05) is 11.6 Å². The van der Waals surface area contributed by atoms with Crippen LogP contribution in [-0.2, 0) is 17.8 Å². The first kappa shape index (κ1) is 18.5. The number of hydrogen-bond donors (Lipinski definition) is 0. The van der Waals surface area contributed by atoms with Gasteiger partial charge in [-0.05, 0) is 23.1 Å². The minimum absolute atomic E-state index is 0.0508. The molecular formula is C17H14ClN3O3S2. The summed E-state index contributed by atoms with van der Waals surface area (Å²) in [5.74, 6) is -0.130. The first-order valence-corrected chi connectivity index (χ1v) is 9.78. The molecule has 0 radical (unpaired) electrons. The SMILES string of the molecule is CN(Cc1cc([N+](=O)[O-])ccc1Cl)C(=O)Cc1csc(-c2ccsc2)n1. The molecule has 0 aliphatic carbocycles. The lowest BCUT2D eigenvalue weighted by atomic mass is 10.2. The Kier molecular flexibility index (Phi) is 5.65. The van der Waals surface area contributed by atoms with Gasteiger partial charge in [0, 0.05) is 47.1 Å². The van der Waals surface area contributed by atoms with Crippen molar-refractivity contribution < 1.29 is 9.72 Å². The molecule has 9 heteroatoms. The van der Waals surface area contributed by atoms with E-state index >= 15 is 0 Å². The molecule has 0 bridgehead atoms. The maximum Gasteiger partial charge on any atom is 0.269 e. The Morgan fingerprint density at radius 2 is 2.15 bits per heavy atom. The molecule has 3 aromatic rings. The zero-order chi connectivity index (χ0) is 18.7. The Labute approximate surface area is 162 Å². The number of aromatic nitrogens is 1. The van der Waals surface area contributed by atoms with Crippen molar-refractivity contribution in [3.05, 3.63) is 66.8 Å². The number of amides is 1. The number of non-ortho nitro benzene ring substituents is 1. The number of thiazole rings is 1. The van der Waals surface area contributed by atoms with Crippen LogP contribution in [0.1, 0.15) is 11.3 Å². The van der Waals surface area contributed by atoms with Gasteiger partial charge in [0.25, 0.3) is 5.69 Å². The Hall–Kier alpha value is -2.29. The number of carbonyl (C=O) groups is 1. The molecule has 2 aromatic heterocycles. The molecule has 0 aliphatic rings. The number of rotatable bonds is 6. The highest BCUT2D eigenvalue weighted by molar-refractivity contribution is 7.14. The summed E-state index contributed by atoms with van der Waals surface area (Å²) in [4.78, 5) is 28.9. The van der Waals surface area contributed by atoms with Crippen LogP contribution in [0.3, 0.4) is 0 Å². The third kappa shape index (κ3) is 4.27. The van der Waals surface area contributed by atoms with E-state index < -0.39 is 4.92 Å². The van der Waals surface area contributed by atoms with E-state index in [0.717, 1.165) is 10.6 Å². The number of thiophene rings is 1. The molecule has 0 N–H and O–H groups in total. The second kappa shape index (κ2) is 7.94. The molecule has 0 spiro atoms. The second-order valence-corrected chi connectivity index (χ2v) is 7.66. The van der Waals surface area contributed by atoms with Crippen molar-refractivity contribution in [2.75, 3.05) is 7.05 Å². The molecule has 1 amide bonds. The number of halogens is 1. The number of nitrogens with zero attached hydrogens (tertiary/aromatic N) is 3. The molecule has 1 aromatic carbocycles. The molecular weight excluding hydrogens is 394 g/mol. The number of benzene rings is 1. The molecule has 0 unspecified atom stereocenters. The van der Waals surface area contributed by atoms with Crippen LogP contribution in [0, 0.1) is 10.1 Å². The molecule has 2 heterocycles. The Bertz CT molecular complexity index is 941. The third-order valence-electron chi connectivity index (χ3n) is 3.73. The van der Waals surface area contributed by atoms with Gasteiger partial charge in [-0.3, -0.25) is 14.9 Å². The van der Waals surface area contributed by atoms with Crippen LogP contribution in [0.2, 0.25) is 5.02 Å². The van der Waals surface area contributed by atoms with Gasteiger partial charge in [-0.25, -0.2) is 4.98 Å². The Morgan fingerprint density at radius 1 is 1.35 bits per heavy atom. The van der Waals surface area contributed by atoms with Gasteiger partial charge in [0.2, 0.25) is 5.91 Å². The van der Waals surface area contributed by atoms with Crippen LogP contribution in [0.5, 0.6) is 0 Å². The van der Waals surface area contributed by atoms with Gasteiger partial charge in [0.1, 0.15) is 5.01 Å². The van der Waals surface area contributed by atoms with E-state index in [1.807, 2.05) is 22.2 Å². The van der Waals surface area contributed by atoms with Crippen molar-refractivity contribution in [2.24, 2.45) is 0 Å². The van der Waals surface area contributed by atoms with Gasteiger partial charge >= 0.3 is 0 Å². The summed E-state index contributed by atoms with van der Waals surface area (Å²) in [7, 11) is 1.64. The van der Waals surface area contributed by atoms with E-state index in [9.17, 15) is 14.9 Å². The van der Waals surface area contributed by atoms with Crippen LogP contribution in [-0.4, -0.2) is 27.8 Å². The summed E-state index contributed by atoms with van der Waals surface area (Å²) in [6.45, 7) is 0.195. The highest BCUT2D eigenvalue weighted by Gasteiger charge is 2.16. The van der Waals surface area contributed by atoms with Crippen LogP contribution < -0.4 is 0 Å². The molecule has 0 saturated heterocycles. The summed E-state index contributed by atoms with van der Waals surface area (Å²) >= 11 is 9.20. The van der Waals surface area contributed by atoms with E-state index in [1.54, 1.807) is 18.4 Å². The van der Waals surface area contributed by atoms with Crippen LogP contribution in [0.25, 0.3) is 10.6 Å². The highest BCUT2D eigenvalue weighted by atomic mass is 35.5. The fraction of sp³-hybridized carbons (Fsp3) is 0.176. The first-order valence-electron chi connectivity index (χ1n) is 7.58. The lowest BCUT2D eigenvalue weighted by Crippen LogP contribution is -2.28. The Morgan fingerprint density at radius 3 is 2.85 bits per heavy atom. The average molecular weight is 408 g/mol. The fourth-order valence-electron chi connectivity index (χ4n) is 2.34. The minimum atomic E-state index is -0.483.